The average Bonchev–Trinajstić information content (AvgIpc) is 3.46. The van der Waals surface area contributed by atoms with Crippen molar-refractivity contribution in [2.75, 3.05) is 17.6 Å². The van der Waals surface area contributed by atoms with Crippen molar-refractivity contribution in [1.82, 2.24) is 10.3 Å². The van der Waals surface area contributed by atoms with E-state index in [1.807, 2.05) is 73.7 Å². The number of carbonyl (C=O) groups is 2. The van der Waals surface area contributed by atoms with Crippen LogP contribution in [0.25, 0.3) is 28.6 Å². The molecule has 5 aromatic rings. The number of fused-ring (bicyclic) bond motifs is 1. The van der Waals surface area contributed by atoms with Gasteiger partial charge in [-0.1, -0.05) is 81.5 Å². The number of hydrogen-bond donors (Lipinski definition) is 3. The van der Waals surface area contributed by atoms with Gasteiger partial charge in [-0.2, -0.15) is 8.42 Å². The van der Waals surface area contributed by atoms with Crippen molar-refractivity contribution < 1.29 is 27.0 Å². The molecule has 0 aliphatic heterocycles. The monoisotopic (exact) mass is 665 g/mol. The Balaban J connectivity index is 1.36. The van der Waals surface area contributed by atoms with E-state index in [4.69, 9.17) is 8.97 Å². The van der Waals surface area contributed by atoms with Gasteiger partial charge in [-0.3, -0.25) is 14.1 Å². The van der Waals surface area contributed by atoms with Crippen LogP contribution in [0.3, 0.4) is 0 Å². The van der Waals surface area contributed by atoms with Crippen LogP contribution in [0.1, 0.15) is 59.3 Å². The molecule has 4 aromatic carbocycles. The third-order valence-corrected chi connectivity index (χ3v) is 8.47. The van der Waals surface area contributed by atoms with E-state index in [1.54, 1.807) is 24.3 Å². The Morgan fingerprint density at radius 3 is 2.31 bits per heavy atom. The summed E-state index contributed by atoms with van der Waals surface area (Å²) in [6, 6.07) is 27.9. The lowest BCUT2D eigenvalue weighted by Gasteiger charge is -2.19. The topological polar surface area (TPSA) is 139 Å². The highest BCUT2D eigenvalue weighted by Crippen LogP contribution is 2.30. The molecule has 1 heterocycles. The van der Waals surface area contributed by atoms with E-state index in [0.29, 0.717) is 29.1 Å². The van der Waals surface area contributed by atoms with E-state index < -0.39 is 27.7 Å². The second kappa shape index (κ2) is 14.4. The van der Waals surface area contributed by atoms with E-state index >= 15 is 0 Å². The van der Waals surface area contributed by atoms with Gasteiger partial charge in [0, 0.05) is 23.4 Å². The number of allylic oxidation sites excluding steroid dienone is 1. The molecule has 0 fully saturated rings. The first-order valence-corrected chi connectivity index (χ1v) is 17.2. The van der Waals surface area contributed by atoms with Crippen molar-refractivity contribution in [2.24, 2.45) is 5.41 Å². The molecule has 2 amide bonds. The normalized spacial score (nSPS) is 12.7. The van der Waals surface area contributed by atoms with Crippen LogP contribution in [-0.2, 0) is 21.3 Å². The predicted octanol–water partition coefficient (Wildman–Crippen LogP) is 7.45. The molecule has 0 bridgehead atoms. The Bertz CT molecular complexity index is 2030. The van der Waals surface area contributed by atoms with Gasteiger partial charge in [0.25, 0.3) is 16.0 Å². The summed E-state index contributed by atoms with van der Waals surface area (Å²) < 4.78 is 36.8. The van der Waals surface area contributed by atoms with Crippen LogP contribution in [0.2, 0.25) is 0 Å². The Kier molecular flexibility index (Phi) is 10.3. The SMILES string of the molecule is Cc1cc(NC(=O)C(Cc2ccc(C(=O)NCCS(=O)(=O)O)cc2)c2ccc(/C=C/C(C)(C)C)cc2)ccc1-c1nc2ccccc2o1. The zero-order valence-corrected chi connectivity index (χ0v) is 28.2. The van der Waals surface area contributed by atoms with Crippen LogP contribution < -0.4 is 10.6 Å². The average molecular weight is 666 g/mol. The molecule has 1 atom stereocenters. The zero-order chi connectivity index (χ0) is 34.5. The lowest BCUT2D eigenvalue weighted by Crippen LogP contribution is -2.28. The first-order valence-electron chi connectivity index (χ1n) is 15.6. The van der Waals surface area contributed by atoms with Crippen molar-refractivity contribution in [3.05, 3.63) is 125 Å². The zero-order valence-electron chi connectivity index (χ0n) is 27.4. The number of amides is 2. The molecule has 10 heteroatoms. The van der Waals surface area contributed by atoms with Gasteiger partial charge in [0.1, 0.15) is 5.52 Å². The number of carbonyl (C=O) groups excluding carboxylic acids is 2. The lowest BCUT2D eigenvalue weighted by atomic mass is 9.89. The van der Waals surface area contributed by atoms with Crippen LogP contribution in [-0.4, -0.2) is 42.1 Å². The fraction of sp³-hybridized carbons (Fsp3) is 0.237. The Labute approximate surface area is 280 Å². The summed E-state index contributed by atoms with van der Waals surface area (Å²) in [7, 11) is -4.18. The molecule has 3 N–H and O–H groups in total. The maximum absolute atomic E-state index is 13.9. The third kappa shape index (κ3) is 9.27. The predicted molar refractivity (Wildman–Crippen MR) is 189 cm³/mol. The standard InChI is InChI=1S/C38H39N3O6S/c1-25-23-30(17-18-31(25)37-41-33-7-5-6-8-34(33)47-37)40-36(43)32(28-13-9-26(10-14-28)19-20-38(2,3)4)24-27-11-15-29(16-12-27)35(42)39-21-22-48(44,45)46/h5-20,23,32H,21-22,24H2,1-4H3,(H,39,42)(H,40,43)(H,44,45,46)/b20-19+. The van der Waals surface area contributed by atoms with E-state index in [9.17, 15) is 18.0 Å². The molecule has 0 spiro atoms. The number of para-hydroxylation sites is 2. The smallest absolute Gasteiger partial charge is 0.266 e. The van der Waals surface area contributed by atoms with Gasteiger partial charge in [-0.05, 0) is 83.5 Å². The molecular formula is C38H39N3O6S. The van der Waals surface area contributed by atoms with E-state index in [-0.39, 0.29) is 17.9 Å². The summed E-state index contributed by atoms with van der Waals surface area (Å²) in [5, 5.41) is 5.57. The minimum Gasteiger partial charge on any atom is -0.436 e. The molecular weight excluding hydrogens is 627 g/mol. The molecule has 0 aliphatic carbocycles. The molecule has 1 unspecified atom stereocenters. The highest BCUT2D eigenvalue weighted by atomic mass is 32.2. The van der Waals surface area contributed by atoms with Crippen LogP contribution >= 0.6 is 0 Å². The molecule has 5 rings (SSSR count). The number of oxazole rings is 1. The van der Waals surface area contributed by atoms with Crippen molar-refractivity contribution >= 4 is 44.8 Å². The molecule has 0 saturated heterocycles. The fourth-order valence-corrected chi connectivity index (χ4v) is 5.53. The number of hydrogen-bond acceptors (Lipinski definition) is 6. The van der Waals surface area contributed by atoms with E-state index in [2.05, 4.69) is 48.5 Å². The van der Waals surface area contributed by atoms with Crippen LogP contribution in [0.5, 0.6) is 0 Å². The molecule has 9 nitrogen and oxygen atoms in total. The third-order valence-electron chi connectivity index (χ3n) is 7.75. The van der Waals surface area contributed by atoms with Gasteiger partial charge in [-0.25, -0.2) is 4.98 Å². The quantitative estimate of drug-likeness (QED) is 0.125. The summed E-state index contributed by atoms with van der Waals surface area (Å²) in [6.45, 7) is 8.13. The van der Waals surface area contributed by atoms with Gasteiger partial charge < -0.3 is 15.1 Å². The number of nitrogens with zero attached hydrogens (tertiary/aromatic N) is 1. The highest BCUT2D eigenvalue weighted by molar-refractivity contribution is 7.85. The van der Waals surface area contributed by atoms with Crippen molar-refractivity contribution in [3.8, 4) is 11.5 Å². The summed E-state index contributed by atoms with van der Waals surface area (Å²) in [6.07, 6.45) is 4.58. The molecule has 0 aliphatic rings. The largest absolute Gasteiger partial charge is 0.436 e. The summed E-state index contributed by atoms with van der Waals surface area (Å²) in [5.74, 6) is -1.25. The summed E-state index contributed by atoms with van der Waals surface area (Å²) >= 11 is 0. The highest BCUT2D eigenvalue weighted by Gasteiger charge is 2.23. The maximum atomic E-state index is 13.9. The number of aromatic nitrogens is 1. The van der Waals surface area contributed by atoms with Crippen LogP contribution in [0.4, 0.5) is 5.69 Å². The van der Waals surface area contributed by atoms with Gasteiger partial charge >= 0.3 is 0 Å². The van der Waals surface area contributed by atoms with Crippen molar-refractivity contribution in [3.63, 3.8) is 0 Å². The van der Waals surface area contributed by atoms with Gasteiger partial charge in [0.15, 0.2) is 5.58 Å². The molecule has 48 heavy (non-hydrogen) atoms. The second-order valence-corrected chi connectivity index (χ2v) is 14.4. The molecule has 1 aromatic heterocycles. The first-order chi connectivity index (χ1) is 22.7. The number of aryl methyl sites for hydroxylation is 1. The van der Waals surface area contributed by atoms with Gasteiger partial charge in [0.2, 0.25) is 11.8 Å². The molecule has 248 valence electrons. The van der Waals surface area contributed by atoms with Crippen LogP contribution in [0.15, 0.2) is 101 Å². The minimum absolute atomic E-state index is 0.0366. The summed E-state index contributed by atoms with van der Waals surface area (Å²) in [4.78, 5) is 31.0. The maximum Gasteiger partial charge on any atom is 0.266 e. The van der Waals surface area contributed by atoms with E-state index in [1.165, 1.54) is 0 Å². The number of benzene rings is 4. The number of anilines is 1. The Hall–Kier alpha value is -5.06. The first kappa shape index (κ1) is 34.3. The van der Waals surface area contributed by atoms with Crippen molar-refractivity contribution in [1.29, 1.82) is 0 Å². The van der Waals surface area contributed by atoms with E-state index in [0.717, 1.165) is 33.3 Å². The van der Waals surface area contributed by atoms with Gasteiger partial charge in [-0.15, -0.1) is 0 Å². The fourth-order valence-electron chi connectivity index (χ4n) is 5.17. The van der Waals surface area contributed by atoms with Crippen LogP contribution in [0, 0.1) is 12.3 Å². The van der Waals surface area contributed by atoms with Gasteiger partial charge in [0.05, 0.1) is 11.7 Å². The summed E-state index contributed by atoms with van der Waals surface area (Å²) in [5.41, 5.74) is 6.94. The Morgan fingerprint density at radius 2 is 1.67 bits per heavy atom. The molecule has 0 saturated carbocycles. The number of nitrogens with one attached hydrogen (secondary N) is 2. The Morgan fingerprint density at radius 1 is 0.958 bits per heavy atom. The lowest BCUT2D eigenvalue weighted by molar-refractivity contribution is -0.117. The second-order valence-electron chi connectivity index (χ2n) is 12.9. The minimum atomic E-state index is -4.18. The van der Waals surface area contributed by atoms with Crippen molar-refractivity contribution in [2.45, 2.75) is 40.0 Å². The molecule has 0 radical (unpaired) electrons. The number of rotatable bonds is 11.